The number of ether oxygens (including phenoxy) is 1. The minimum Gasteiger partial charge on any atom is -0.462 e. The molecular weight excluding hydrogens is 391 g/mol. The Labute approximate surface area is 172 Å². The van der Waals surface area contributed by atoms with E-state index in [4.69, 9.17) is 9.57 Å². The number of fused-ring (bicyclic) bond motifs is 2. The van der Waals surface area contributed by atoms with E-state index in [-0.39, 0.29) is 29.0 Å². The van der Waals surface area contributed by atoms with Crippen LogP contribution < -0.4 is 15.2 Å². The number of carbonyl (C=O) groups is 1. The number of rotatable bonds is 4. The van der Waals surface area contributed by atoms with Crippen molar-refractivity contribution in [3.05, 3.63) is 46.0 Å². The van der Waals surface area contributed by atoms with Crippen molar-refractivity contribution in [1.82, 2.24) is 14.6 Å². The van der Waals surface area contributed by atoms with Crippen LogP contribution in [0.2, 0.25) is 0 Å². The number of esters is 1. The van der Waals surface area contributed by atoms with Gasteiger partial charge >= 0.3 is 5.97 Å². The van der Waals surface area contributed by atoms with Gasteiger partial charge in [-0.2, -0.15) is 4.73 Å². The molecule has 0 unspecified atom stereocenters. The molecule has 0 aliphatic carbocycles. The average molecular weight is 414 g/mol. The van der Waals surface area contributed by atoms with Crippen LogP contribution in [-0.2, 0) is 4.74 Å². The van der Waals surface area contributed by atoms with Gasteiger partial charge in [-0.1, -0.05) is 0 Å². The van der Waals surface area contributed by atoms with Crippen LogP contribution >= 0.6 is 0 Å². The van der Waals surface area contributed by atoms with E-state index < -0.39 is 11.4 Å². The van der Waals surface area contributed by atoms with Crippen LogP contribution in [0, 0.1) is 5.82 Å². The molecule has 1 aliphatic heterocycles. The van der Waals surface area contributed by atoms with Crippen molar-refractivity contribution in [2.45, 2.75) is 6.92 Å². The van der Waals surface area contributed by atoms with E-state index in [1.165, 1.54) is 30.2 Å². The first-order chi connectivity index (χ1) is 14.4. The fourth-order valence-electron chi connectivity index (χ4n) is 3.67. The maximum absolute atomic E-state index is 14.9. The average Bonchev–Trinajstić information content (AvgIpc) is 2.73. The van der Waals surface area contributed by atoms with Crippen LogP contribution in [0.15, 0.2) is 29.2 Å². The molecule has 4 rings (SSSR count). The number of aromatic nitrogens is 2. The lowest BCUT2D eigenvalue weighted by atomic mass is 10.1. The zero-order chi connectivity index (χ0) is 21.4. The van der Waals surface area contributed by atoms with Crippen molar-refractivity contribution in [2.75, 3.05) is 51.8 Å². The number of anilines is 1. The molecule has 2 aromatic heterocycles. The van der Waals surface area contributed by atoms with Gasteiger partial charge in [-0.05, 0) is 32.2 Å². The SMILES string of the molecule is CCOC(=O)c1cn(OC)c2nc3cc(N4CCN(C)CC4)c(F)cc3cc2c1=O. The first-order valence-corrected chi connectivity index (χ1v) is 9.77. The molecule has 0 radical (unpaired) electrons. The molecule has 0 amide bonds. The van der Waals surface area contributed by atoms with Gasteiger partial charge in [0.1, 0.15) is 18.5 Å². The molecule has 0 saturated carbocycles. The smallest absolute Gasteiger partial charge is 0.343 e. The number of hydrogen-bond acceptors (Lipinski definition) is 7. The van der Waals surface area contributed by atoms with E-state index in [0.29, 0.717) is 16.6 Å². The summed E-state index contributed by atoms with van der Waals surface area (Å²) in [5, 5.41) is 0.625. The van der Waals surface area contributed by atoms with Crippen LogP contribution in [0.4, 0.5) is 10.1 Å². The van der Waals surface area contributed by atoms with Crippen molar-refractivity contribution in [2.24, 2.45) is 0 Å². The quantitative estimate of drug-likeness (QED) is 0.475. The number of likely N-dealkylation sites (N-methyl/N-ethyl adjacent to an activating group) is 1. The van der Waals surface area contributed by atoms with Crippen LogP contribution in [0.5, 0.6) is 0 Å². The molecule has 3 heterocycles. The summed E-state index contributed by atoms with van der Waals surface area (Å²) in [7, 11) is 3.45. The number of benzene rings is 1. The molecule has 0 atom stereocenters. The molecule has 3 aromatic rings. The number of hydrogen-bond donors (Lipinski definition) is 0. The number of pyridine rings is 2. The fraction of sp³-hybridized carbons (Fsp3) is 0.381. The summed E-state index contributed by atoms with van der Waals surface area (Å²) >= 11 is 0. The minimum atomic E-state index is -0.744. The summed E-state index contributed by atoms with van der Waals surface area (Å²) in [6.45, 7) is 4.93. The highest BCUT2D eigenvalue weighted by Crippen LogP contribution is 2.27. The van der Waals surface area contributed by atoms with Gasteiger partial charge in [0, 0.05) is 31.6 Å². The van der Waals surface area contributed by atoms with Gasteiger partial charge in [0.25, 0.3) is 0 Å². The fourth-order valence-corrected chi connectivity index (χ4v) is 3.67. The molecule has 9 heteroatoms. The third kappa shape index (κ3) is 3.45. The predicted octanol–water partition coefficient (Wildman–Crippen LogP) is 1.68. The molecular formula is C21H23FN4O4. The highest BCUT2D eigenvalue weighted by Gasteiger charge is 2.21. The molecule has 8 nitrogen and oxygen atoms in total. The Morgan fingerprint density at radius 1 is 1.20 bits per heavy atom. The van der Waals surface area contributed by atoms with E-state index in [0.717, 1.165) is 26.2 Å². The van der Waals surface area contributed by atoms with Crippen molar-refractivity contribution in [3.8, 4) is 0 Å². The highest BCUT2D eigenvalue weighted by molar-refractivity contribution is 5.97. The molecule has 1 saturated heterocycles. The largest absolute Gasteiger partial charge is 0.462 e. The minimum absolute atomic E-state index is 0.138. The molecule has 1 aliphatic rings. The summed E-state index contributed by atoms with van der Waals surface area (Å²) in [5.41, 5.74) is 0.569. The Balaban J connectivity index is 1.89. The number of carbonyl (C=O) groups excluding carboxylic acids is 1. The molecule has 0 bridgehead atoms. The monoisotopic (exact) mass is 414 g/mol. The van der Waals surface area contributed by atoms with Gasteiger partial charge in [0.2, 0.25) is 5.43 Å². The Morgan fingerprint density at radius 3 is 2.60 bits per heavy atom. The lowest BCUT2D eigenvalue weighted by molar-refractivity contribution is 0.0520. The van der Waals surface area contributed by atoms with Crippen molar-refractivity contribution in [3.63, 3.8) is 0 Å². The normalized spacial score (nSPS) is 15.0. The second-order valence-electron chi connectivity index (χ2n) is 7.25. The molecule has 1 aromatic carbocycles. The Hall–Kier alpha value is -3.20. The standard InChI is InChI=1S/C21H23FN4O4/c1-4-30-21(28)15-12-26(29-3)20-14(19(15)27)9-13-10-16(22)18(11-17(13)23-20)25-7-5-24(2)6-8-25/h9-12H,4-8H2,1-3H3. The van der Waals surface area contributed by atoms with E-state index in [1.54, 1.807) is 13.0 Å². The maximum atomic E-state index is 14.9. The van der Waals surface area contributed by atoms with Crippen LogP contribution in [-0.4, -0.2) is 67.5 Å². The van der Waals surface area contributed by atoms with Crippen LogP contribution in [0.25, 0.3) is 21.9 Å². The van der Waals surface area contributed by atoms with E-state index >= 15 is 0 Å². The Kier molecular flexibility index (Phi) is 5.29. The second-order valence-corrected chi connectivity index (χ2v) is 7.25. The molecule has 1 fully saturated rings. The second kappa shape index (κ2) is 7.91. The third-order valence-corrected chi connectivity index (χ3v) is 5.34. The molecule has 0 spiro atoms. The molecule has 30 heavy (non-hydrogen) atoms. The predicted molar refractivity (Wildman–Crippen MR) is 112 cm³/mol. The first kappa shape index (κ1) is 20.1. The van der Waals surface area contributed by atoms with Crippen molar-refractivity contribution >= 4 is 33.6 Å². The summed E-state index contributed by atoms with van der Waals surface area (Å²) < 4.78 is 21.1. The van der Waals surface area contributed by atoms with E-state index in [1.807, 2.05) is 11.9 Å². The first-order valence-electron chi connectivity index (χ1n) is 9.77. The molecule has 0 N–H and O–H groups in total. The Bertz CT molecular complexity index is 1190. The van der Waals surface area contributed by atoms with Gasteiger partial charge in [-0.15, -0.1) is 0 Å². The van der Waals surface area contributed by atoms with Gasteiger partial charge in [0.05, 0.1) is 29.4 Å². The van der Waals surface area contributed by atoms with Gasteiger partial charge < -0.3 is 19.4 Å². The lowest BCUT2D eigenvalue weighted by Gasteiger charge is -2.34. The number of piperazine rings is 1. The summed E-state index contributed by atoms with van der Waals surface area (Å²) in [6.07, 6.45) is 1.27. The zero-order valence-electron chi connectivity index (χ0n) is 17.1. The van der Waals surface area contributed by atoms with Crippen LogP contribution in [0.3, 0.4) is 0 Å². The lowest BCUT2D eigenvalue weighted by Crippen LogP contribution is -2.44. The maximum Gasteiger partial charge on any atom is 0.343 e. The number of nitrogens with zero attached hydrogens (tertiary/aromatic N) is 4. The summed E-state index contributed by atoms with van der Waals surface area (Å²) in [6, 6.07) is 4.61. The van der Waals surface area contributed by atoms with Gasteiger partial charge in [-0.25, -0.2) is 14.2 Å². The topological polar surface area (TPSA) is 76.9 Å². The summed E-state index contributed by atoms with van der Waals surface area (Å²) in [4.78, 5) is 39.1. The summed E-state index contributed by atoms with van der Waals surface area (Å²) in [5.74, 6) is -1.12. The zero-order valence-corrected chi connectivity index (χ0v) is 17.1. The van der Waals surface area contributed by atoms with Crippen molar-refractivity contribution in [1.29, 1.82) is 0 Å². The van der Waals surface area contributed by atoms with Crippen LogP contribution in [0.1, 0.15) is 17.3 Å². The Morgan fingerprint density at radius 2 is 1.93 bits per heavy atom. The highest BCUT2D eigenvalue weighted by atomic mass is 19.1. The van der Waals surface area contributed by atoms with Gasteiger partial charge in [-0.3, -0.25) is 4.79 Å². The van der Waals surface area contributed by atoms with Crippen molar-refractivity contribution < 1.29 is 18.8 Å². The molecule has 158 valence electrons. The van der Waals surface area contributed by atoms with E-state index in [2.05, 4.69) is 9.88 Å². The van der Waals surface area contributed by atoms with Gasteiger partial charge in [0.15, 0.2) is 5.65 Å². The third-order valence-electron chi connectivity index (χ3n) is 5.34. The van der Waals surface area contributed by atoms with E-state index in [9.17, 15) is 14.0 Å². The number of halogens is 1.